The molecular weight excluding hydrogens is 457 g/mol. The largest absolute Gasteiger partial charge is 0.416 e. The van der Waals surface area contributed by atoms with Crippen molar-refractivity contribution in [3.63, 3.8) is 0 Å². The maximum absolute atomic E-state index is 13.1. The molecule has 0 saturated heterocycles. The number of rotatable bonds is 8. The minimum Gasteiger partial charge on any atom is -0.352 e. The summed E-state index contributed by atoms with van der Waals surface area (Å²) in [6.45, 7) is 3.64. The summed E-state index contributed by atoms with van der Waals surface area (Å²) in [6, 6.07) is 6.16. The van der Waals surface area contributed by atoms with Crippen molar-refractivity contribution >= 4 is 31.5 Å². The summed E-state index contributed by atoms with van der Waals surface area (Å²) < 4.78 is 89.7. The average Bonchev–Trinajstić information content (AvgIpc) is 2.66. The van der Waals surface area contributed by atoms with Crippen LogP contribution in [0, 0.1) is 0 Å². The van der Waals surface area contributed by atoms with Crippen LogP contribution in [0.15, 0.2) is 64.9 Å². The van der Waals surface area contributed by atoms with E-state index in [1.165, 1.54) is 6.08 Å². The van der Waals surface area contributed by atoms with Gasteiger partial charge in [-0.05, 0) is 48.9 Å². The molecule has 1 amide bonds. The molecule has 12 heteroatoms. The molecule has 7 nitrogen and oxygen atoms in total. The average molecular weight is 476 g/mol. The van der Waals surface area contributed by atoms with Crippen LogP contribution in [-0.2, 0) is 26.0 Å². The molecule has 2 rings (SSSR count). The van der Waals surface area contributed by atoms with Gasteiger partial charge < -0.3 is 5.32 Å². The number of benzene rings is 2. The Morgan fingerprint density at radius 3 is 2.13 bits per heavy atom. The molecule has 0 aliphatic carbocycles. The molecular formula is C19H19F3N2O5S2. The van der Waals surface area contributed by atoms with Gasteiger partial charge in [0, 0.05) is 12.8 Å². The highest BCUT2D eigenvalue weighted by Crippen LogP contribution is 2.33. The van der Waals surface area contributed by atoms with E-state index in [0.717, 1.165) is 36.6 Å². The van der Waals surface area contributed by atoms with Crippen LogP contribution >= 0.6 is 0 Å². The minimum atomic E-state index is -4.77. The lowest BCUT2D eigenvalue weighted by Crippen LogP contribution is -2.26. The number of hydrogen-bond acceptors (Lipinski definition) is 5. The van der Waals surface area contributed by atoms with Crippen molar-refractivity contribution in [2.45, 2.75) is 22.4 Å². The predicted octanol–water partition coefficient (Wildman–Crippen LogP) is 3.22. The summed E-state index contributed by atoms with van der Waals surface area (Å²) >= 11 is 0. The maximum Gasteiger partial charge on any atom is 0.416 e. The first-order valence-corrected chi connectivity index (χ1v) is 12.1. The molecule has 0 aliphatic heterocycles. The number of sulfonamides is 1. The Kier molecular flexibility index (Phi) is 7.17. The molecule has 0 fully saturated rings. The molecule has 2 aromatic rings. The summed E-state index contributed by atoms with van der Waals surface area (Å²) in [6.07, 6.45) is -1.90. The van der Waals surface area contributed by atoms with Gasteiger partial charge in [-0.1, -0.05) is 6.08 Å². The van der Waals surface area contributed by atoms with Crippen molar-refractivity contribution < 1.29 is 34.8 Å². The Hall–Kier alpha value is -2.86. The topological polar surface area (TPSA) is 109 Å². The number of sulfone groups is 1. The number of anilines is 1. The molecule has 31 heavy (non-hydrogen) atoms. The predicted molar refractivity (Wildman–Crippen MR) is 109 cm³/mol. The fourth-order valence-corrected chi connectivity index (χ4v) is 4.16. The highest BCUT2D eigenvalue weighted by Gasteiger charge is 2.32. The summed E-state index contributed by atoms with van der Waals surface area (Å²) in [5, 5.41) is 2.46. The normalized spacial score (nSPS) is 12.3. The maximum atomic E-state index is 13.1. The first-order chi connectivity index (χ1) is 14.3. The zero-order chi connectivity index (χ0) is 23.4. The molecule has 0 atom stereocenters. The van der Waals surface area contributed by atoms with E-state index in [1.807, 2.05) is 4.72 Å². The third-order valence-electron chi connectivity index (χ3n) is 4.03. The van der Waals surface area contributed by atoms with Gasteiger partial charge in [0.25, 0.3) is 15.9 Å². The number of nitrogens with one attached hydrogen (secondary N) is 2. The first kappa shape index (κ1) is 24.4. The van der Waals surface area contributed by atoms with Gasteiger partial charge in [0.2, 0.25) is 0 Å². The van der Waals surface area contributed by atoms with Crippen LogP contribution in [0.3, 0.4) is 0 Å². The zero-order valence-electron chi connectivity index (χ0n) is 16.2. The quantitative estimate of drug-likeness (QED) is 0.449. The Morgan fingerprint density at radius 2 is 1.61 bits per heavy atom. The van der Waals surface area contributed by atoms with Crippen LogP contribution in [0.1, 0.15) is 22.3 Å². The molecule has 0 saturated carbocycles. The standard InChI is InChI=1S/C19H19F3N2O5S2/c1-3-4-11-23-18(25)16-10-5-13(19(20,21)22)12-17(16)24-31(28,29)15-8-6-14(7-9-15)30(2,26)27/h3,5-10,12,24H,1,4,11H2,2H3,(H,23,25). The van der Waals surface area contributed by atoms with Gasteiger partial charge in [-0.3, -0.25) is 9.52 Å². The Labute approximate surface area is 177 Å². The molecule has 0 heterocycles. The summed E-state index contributed by atoms with van der Waals surface area (Å²) in [5.74, 6) is -0.777. The molecule has 0 bridgehead atoms. The van der Waals surface area contributed by atoms with Gasteiger partial charge in [0.05, 0.1) is 26.6 Å². The first-order valence-electron chi connectivity index (χ1n) is 8.69. The third kappa shape index (κ3) is 6.31. The van der Waals surface area contributed by atoms with E-state index < -0.39 is 48.1 Å². The second-order valence-electron chi connectivity index (χ2n) is 6.44. The monoisotopic (exact) mass is 476 g/mol. The van der Waals surface area contributed by atoms with Crippen molar-refractivity contribution in [1.82, 2.24) is 5.32 Å². The van der Waals surface area contributed by atoms with Crippen LogP contribution in [0.2, 0.25) is 0 Å². The van der Waals surface area contributed by atoms with Crippen LogP contribution in [0.25, 0.3) is 0 Å². The van der Waals surface area contributed by atoms with E-state index in [9.17, 15) is 34.8 Å². The van der Waals surface area contributed by atoms with Crippen LogP contribution in [0.4, 0.5) is 18.9 Å². The minimum absolute atomic E-state index is 0.132. The smallest absolute Gasteiger partial charge is 0.352 e. The summed E-state index contributed by atoms with van der Waals surface area (Å²) in [7, 11) is -8.00. The number of alkyl halides is 3. The molecule has 2 N–H and O–H groups in total. The van der Waals surface area contributed by atoms with E-state index in [0.29, 0.717) is 18.6 Å². The van der Waals surface area contributed by atoms with Crippen molar-refractivity contribution in [2.24, 2.45) is 0 Å². The highest BCUT2D eigenvalue weighted by atomic mass is 32.2. The second kappa shape index (κ2) is 9.10. The fourth-order valence-electron chi connectivity index (χ4n) is 2.46. The van der Waals surface area contributed by atoms with Crippen LogP contribution in [0.5, 0.6) is 0 Å². The number of amides is 1. The molecule has 0 aliphatic rings. The Morgan fingerprint density at radius 1 is 1.03 bits per heavy atom. The van der Waals surface area contributed by atoms with Gasteiger partial charge in [-0.25, -0.2) is 16.8 Å². The van der Waals surface area contributed by atoms with Gasteiger partial charge in [0.1, 0.15) is 0 Å². The van der Waals surface area contributed by atoms with Crippen molar-refractivity contribution in [2.75, 3.05) is 17.5 Å². The van der Waals surface area contributed by atoms with E-state index in [2.05, 4.69) is 11.9 Å². The van der Waals surface area contributed by atoms with Gasteiger partial charge in [-0.15, -0.1) is 6.58 Å². The van der Waals surface area contributed by atoms with Gasteiger partial charge >= 0.3 is 6.18 Å². The third-order valence-corrected chi connectivity index (χ3v) is 6.54. The molecule has 0 aromatic heterocycles. The number of halogens is 3. The van der Waals surface area contributed by atoms with Gasteiger partial charge in [-0.2, -0.15) is 13.2 Å². The van der Waals surface area contributed by atoms with Crippen molar-refractivity contribution in [1.29, 1.82) is 0 Å². The lowest BCUT2D eigenvalue weighted by atomic mass is 10.1. The summed E-state index contributed by atoms with van der Waals surface area (Å²) in [5.41, 5.74) is -2.04. The number of carbonyl (C=O) groups excluding carboxylic acids is 1. The van der Waals surface area contributed by atoms with Crippen molar-refractivity contribution in [3.8, 4) is 0 Å². The molecule has 0 radical (unpaired) electrons. The van der Waals surface area contributed by atoms with Crippen molar-refractivity contribution in [3.05, 3.63) is 66.2 Å². The highest BCUT2D eigenvalue weighted by molar-refractivity contribution is 7.92. The van der Waals surface area contributed by atoms with E-state index >= 15 is 0 Å². The lowest BCUT2D eigenvalue weighted by molar-refractivity contribution is -0.137. The number of hydrogen-bond donors (Lipinski definition) is 2. The van der Waals surface area contributed by atoms with E-state index in [4.69, 9.17) is 0 Å². The molecule has 0 unspecified atom stereocenters. The number of carbonyl (C=O) groups is 1. The van der Waals surface area contributed by atoms with E-state index in [1.54, 1.807) is 0 Å². The van der Waals surface area contributed by atoms with Gasteiger partial charge in [0.15, 0.2) is 9.84 Å². The Bertz CT molecular complexity index is 1190. The SMILES string of the molecule is C=CCCNC(=O)c1ccc(C(F)(F)F)cc1NS(=O)(=O)c1ccc(S(C)(=O)=O)cc1. The lowest BCUT2D eigenvalue weighted by Gasteiger charge is -2.15. The van der Waals surface area contributed by atoms with Crippen LogP contribution in [-0.4, -0.2) is 35.5 Å². The Balaban J connectivity index is 2.46. The second-order valence-corrected chi connectivity index (χ2v) is 10.1. The summed E-state index contributed by atoms with van der Waals surface area (Å²) in [4.78, 5) is 11.8. The van der Waals surface area contributed by atoms with E-state index in [-0.39, 0.29) is 17.0 Å². The zero-order valence-corrected chi connectivity index (χ0v) is 17.9. The molecule has 0 spiro atoms. The molecule has 2 aromatic carbocycles. The molecule has 168 valence electrons. The van der Waals surface area contributed by atoms with Crippen LogP contribution < -0.4 is 10.0 Å². The fraction of sp³-hybridized carbons (Fsp3) is 0.211.